The number of anilines is 3. The van der Waals surface area contributed by atoms with Gasteiger partial charge in [0, 0.05) is 31.9 Å². The van der Waals surface area contributed by atoms with Gasteiger partial charge < -0.3 is 19.9 Å². The first-order valence-electron chi connectivity index (χ1n) is 8.32. The van der Waals surface area contributed by atoms with Crippen LogP contribution in [0.25, 0.3) is 0 Å². The number of nitrogens with zero attached hydrogens (tertiary/aromatic N) is 5. The molecule has 0 atom stereocenters. The van der Waals surface area contributed by atoms with Crippen LogP contribution >= 0.6 is 0 Å². The maximum Gasteiger partial charge on any atom is 0.337 e. The van der Waals surface area contributed by atoms with Gasteiger partial charge in [0.15, 0.2) is 5.82 Å². The van der Waals surface area contributed by atoms with Crippen LogP contribution in [-0.4, -0.2) is 65.9 Å². The Kier molecular flexibility index (Phi) is 5.39. The molecule has 1 aliphatic rings. The average molecular weight is 342 g/mol. The zero-order chi connectivity index (χ0) is 17.6. The van der Waals surface area contributed by atoms with Gasteiger partial charge in [0.1, 0.15) is 0 Å². The van der Waals surface area contributed by atoms with E-state index in [1.807, 2.05) is 0 Å². The first kappa shape index (κ1) is 17.1. The fourth-order valence-corrected chi connectivity index (χ4v) is 2.71. The summed E-state index contributed by atoms with van der Waals surface area (Å²) < 4.78 is 4.69. The first-order valence-corrected chi connectivity index (χ1v) is 8.32. The lowest BCUT2D eigenvalue weighted by Crippen LogP contribution is -2.46. The maximum atomic E-state index is 11.5. The highest BCUT2D eigenvalue weighted by Crippen LogP contribution is 2.17. The molecule has 132 valence electrons. The minimum Gasteiger partial charge on any atom is -0.465 e. The molecule has 0 aliphatic carbocycles. The van der Waals surface area contributed by atoms with Gasteiger partial charge >= 0.3 is 5.97 Å². The van der Waals surface area contributed by atoms with Crippen LogP contribution in [0.2, 0.25) is 0 Å². The van der Waals surface area contributed by atoms with E-state index in [2.05, 4.69) is 37.2 Å². The second kappa shape index (κ2) is 7.89. The van der Waals surface area contributed by atoms with Crippen LogP contribution in [-0.2, 0) is 4.74 Å². The monoisotopic (exact) mass is 342 g/mol. The minimum absolute atomic E-state index is 0.358. The number of carbonyl (C=O) groups excluding carboxylic acids is 1. The van der Waals surface area contributed by atoms with E-state index >= 15 is 0 Å². The molecule has 0 radical (unpaired) electrons. The number of methoxy groups -OCH3 is 1. The van der Waals surface area contributed by atoms with Crippen LogP contribution in [0.3, 0.4) is 0 Å². The molecule has 1 aromatic carbocycles. The SMILES string of the molecule is CCN1CCN(c2nncc(Nc3ccc(C(=O)OC)cc3)n2)CC1. The molecule has 1 aliphatic heterocycles. The number of hydrogen-bond donors (Lipinski definition) is 1. The lowest BCUT2D eigenvalue weighted by atomic mass is 10.2. The van der Waals surface area contributed by atoms with E-state index < -0.39 is 0 Å². The van der Waals surface area contributed by atoms with Gasteiger partial charge in [-0.1, -0.05) is 6.92 Å². The Balaban J connectivity index is 1.66. The summed E-state index contributed by atoms with van der Waals surface area (Å²) in [6.07, 6.45) is 1.58. The Morgan fingerprint density at radius 3 is 2.56 bits per heavy atom. The van der Waals surface area contributed by atoms with Crippen LogP contribution in [0.5, 0.6) is 0 Å². The maximum absolute atomic E-state index is 11.5. The van der Waals surface area contributed by atoms with Crippen molar-refractivity contribution in [1.29, 1.82) is 0 Å². The topological polar surface area (TPSA) is 83.5 Å². The molecule has 1 aromatic heterocycles. The van der Waals surface area contributed by atoms with Crippen molar-refractivity contribution in [2.75, 3.05) is 50.1 Å². The normalized spacial score (nSPS) is 15.0. The van der Waals surface area contributed by atoms with Crippen molar-refractivity contribution in [3.63, 3.8) is 0 Å². The van der Waals surface area contributed by atoms with E-state index in [1.54, 1.807) is 30.5 Å². The van der Waals surface area contributed by atoms with Gasteiger partial charge in [-0.3, -0.25) is 0 Å². The molecule has 1 N–H and O–H groups in total. The summed E-state index contributed by atoms with van der Waals surface area (Å²) in [5.74, 6) is 0.893. The van der Waals surface area contributed by atoms with Gasteiger partial charge in [-0.05, 0) is 30.8 Å². The second-order valence-electron chi connectivity index (χ2n) is 5.76. The number of likely N-dealkylation sites (N-methyl/N-ethyl adjacent to an activating group) is 1. The Labute approximate surface area is 146 Å². The van der Waals surface area contributed by atoms with Gasteiger partial charge in [0.25, 0.3) is 0 Å². The summed E-state index contributed by atoms with van der Waals surface area (Å²) in [5, 5.41) is 11.4. The van der Waals surface area contributed by atoms with E-state index in [9.17, 15) is 4.79 Å². The molecule has 8 nitrogen and oxygen atoms in total. The molecule has 3 rings (SSSR count). The Morgan fingerprint density at radius 2 is 1.92 bits per heavy atom. The molecular formula is C17H22N6O2. The summed E-state index contributed by atoms with van der Waals surface area (Å²) in [7, 11) is 1.36. The average Bonchev–Trinajstić information content (AvgIpc) is 2.68. The smallest absolute Gasteiger partial charge is 0.337 e. The van der Waals surface area contributed by atoms with Gasteiger partial charge in [-0.2, -0.15) is 10.1 Å². The minimum atomic E-state index is -0.358. The number of hydrogen-bond acceptors (Lipinski definition) is 8. The quantitative estimate of drug-likeness (QED) is 0.820. The van der Waals surface area contributed by atoms with E-state index in [1.165, 1.54) is 7.11 Å². The predicted molar refractivity (Wildman–Crippen MR) is 95.2 cm³/mol. The van der Waals surface area contributed by atoms with Crippen molar-refractivity contribution in [1.82, 2.24) is 20.1 Å². The van der Waals surface area contributed by atoms with Crippen LogP contribution in [0.1, 0.15) is 17.3 Å². The van der Waals surface area contributed by atoms with Crippen LogP contribution in [0, 0.1) is 0 Å². The first-order chi connectivity index (χ1) is 12.2. The van der Waals surface area contributed by atoms with Gasteiger partial charge in [0.05, 0.1) is 18.9 Å². The lowest BCUT2D eigenvalue weighted by molar-refractivity contribution is 0.0601. The molecule has 0 amide bonds. The highest BCUT2D eigenvalue weighted by atomic mass is 16.5. The molecule has 25 heavy (non-hydrogen) atoms. The van der Waals surface area contributed by atoms with Crippen molar-refractivity contribution in [3.8, 4) is 0 Å². The zero-order valence-electron chi connectivity index (χ0n) is 14.5. The van der Waals surface area contributed by atoms with Crippen LogP contribution in [0.4, 0.5) is 17.5 Å². The molecule has 2 heterocycles. The Bertz CT molecular complexity index is 713. The van der Waals surface area contributed by atoms with Crippen molar-refractivity contribution in [3.05, 3.63) is 36.0 Å². The summed E-state index contributed by atoms with van der Waals surface area (Å²) in [4.78, 5) is 20.6. The third-order valence-corrected chi connectivity index (χ3v) is 4.23. The summed E-state index contributed by atoms with van der Waals surface area (Å²) in [6, 6.07) is 7.00. The predicted octanol–water partition coefficient (Wildman–Crippen LogP) is 1.54. The Hall–Kier alpha value is -2.74. The highest BCUT2D eigenvalue weighted by Gasteiger charge is 2.18. The third kappa shape index (κ3) is 4.21. The summed E-state index contributed by atoms with van der Waals surface area (Å²) >= 11 is 0. The summed E-state index contributed by atoms with van der Waals surface area (Å²) in [5.41, 5.74) is 1.32. The molecule has 0 saturated carbocycles. The number of aromatic nitrogens is 3. The van der Waals surface area contributed by atoms with E-state index in [0.29, 0.717) is 17.3 Å². The van der Waals surface area contributed by atoms with E-state index in [0.717, 1.165) is 38.4 Å². The van der Waals surface area contributed by atoms with E-state index in [-0.39, 0.29) is 5.97 Å². The Morgan fingerprint density at radius 1 is 1.20 bits per heavy atom. The molecular weight excluding hydrogens is 320 g/mol. The number of benzene rings is 1. The highest BCUT2D eigenvalue weighted by molar-refractivity contribution is 5.89. The molecule has 1 saturated heterocycles. The fourth-order valence-electron chi connectivity index (χ4n) is 2.71. The van der Waals surface area contributed by atoms with Crippen LogP contribution < -0.4 is 10.2 Å². The van der Waals surface area contributed by atoms with Crippen molar-refractivity contribution in [2.45, 2.75) is 6.92 Å². The van der Waals surface area contributed by atoms with Gasteiger partial charge in [-0.25, -0.2) is 4.79 Å². The number of rotatable bonds is 5. The largest absolute Gasteiger partial charge is 0.465 e. The summed E-state index contributed by atoms with van der Waals surface area (Å²) in [6.45, 7) is 7.04. The fraction of sp³-hybridized carbons (Fsp3) is 0.412. The number of carbonyl (C=O) groups is 1. The number of esters is 1. The number of nitrogens with one attached hydrogen (secondary N) is 1. The third-order valence-electron chi connectivity index (χ3n) is 4.23. The number of piperazine rings is 1. The second-order valence-corrected chi connectivity index (χ2v) is 5.76. The van der Waals surface area contributed by atoms with Gasteiger partial charge in [0.2, 0.25) is 5.95 Å². The molecule has 8 heteroatoms. The van der Waals surface area contributed by atoms with Crippen LogP contribution in [0.15, 0.2) is 30.5 Å². The van der Waals surface area contributed by atoms with Crippen molar-refractivity contribution < 1.29 is 9.53 Å². The lowest BCUT2D eigenvalue weighted by Gasteiger charge is -2.33. The number of ether oxygens (including phenoxy) is 1. The molecule has 1 fully saturated rings. The molecule has 0 bridgehead atoms. The molecule has 2 aromatic rings. The van der Waals surface area contributed by atoms with E-state index in [4.69, 9.17) is 4.74 Å². The standard InChI is InChI=1S/C17H22N6O2/c1-3-22-8-10-23(11-9-22)17-20-15(12-18-21-17)19-14-6-4-13(5-7-14)16(24)25-2/h4-7,12H,3,8-11H2,1-2H3,(H,19,20,21). The van der Waals surface area contributed by atoms with Crippen molar-refractivity contribution >= 4 is 23.4 Å². The molecule has 0 unspecified atom stereocenters. The zero-order valence-corrected chi connectivity index (χ0v) is 14.5. The molecule has 0 spiro atoms. The van der Waals surface area contributed by atoms with Gasteiger partial charge in [-0.15, -0.1) is 5.10 Å². The van der Waals surface area contributed by atoms with Crippen molar-refractivity contribution in [2.24, 2.45) is 0 Å².